The second-order valence-electron chi connectivity index (χ2n) is 6.22. The van der Waals surface area contributed by atoms with E-state index in [1.807, 2.05) is 19.1 Å². The number of rotatable bonds is 5. The number of benzene rings is 2. The lowest BCUT2D eigenvalue weighted by Crippen LogP contribution is -2.37. The fraction of sp³-hybridized carbons (Fsp3) is 0.294. The van der Waals surface area contributed by atoms with Crippen LogP contribution in [0, 0.1) is 6.92 Å². The van der Waals surface area contributed by atoms with Gasteiger partial charge in [-0.2, -0.15) is 0 Å². The molecule has 1 N–H and O–H groups in total. The fourth-order valence-electron chi connectivity index (χ4n) is 2.84. The van der Waals surface area contributed by atoms with Gasteiger partial charge in [-0.05, 0) is 30.7 Å². The van der Waals surface area contributed by atoms with E-state index in [2.05, 4.69) is 4.72 Å². The van der Waals surface area contributed by atoms with Gasteiger partial charge in [-0.3, -0.25) is 9.03 Å². The number of hydrogen-bond donors (Lipinski definition) is 1. The first-order valence-electron chi connectivity index (χ1n) is 7.95. The van der Waals surface area contributed by atoms with Crippen LogP contribution in [0.25, 0.3) is 0 Å². The Morgan fingerprint density at radius 2 is 1.88 bits per heavy atom. The predicted octanol–water partition coefficient (Wildman–Crippen LogP) is 2.10. The lowest BCUT2D eigenvalue weighted by molar-refractivity contribution is 0.316. The van der Waals surface area contributed by atoms with Crippen molar-refractivity contribution in [2.45, 2.75) is 12.7 Å². The maximum absolute atomic E-state index is 12.5. The molecule has 0 unspecified atom stereocenters. The number of hydrogen-bond acceptors (Lipinski definition) is 5. The summed E-state index contributed by atoms with van der Waals surface area (Å²) in [5, 5.41) is 0. The highest BCUT2D eigenvalue weighted by Crippen LogP contribution is 2.35. The lowest BCUT2D eigenvalue weighted by atomic mass is 10.2. The van der Waals surface area contributed by atoms with Crippen molar-refractivity contribution in [3.8, 4) is 5.75 Å². The Kier molecular flexibility index (Phi) is 4.85. The van der Waals surface area contributed by atoms with E-state index < -0.39 is 20.0 Å². The summed E-state index contributed by atoms with van der Waals surface area (Å²) in [6.07, 6.45) is 1.11. The standard InChI is InChI=1S/C17H20N2O5S2/c1-13-4-3-5-14(10-13)12-26(22,23)18-15-6-7-17-16(11-15)19(8-9-24-17)25(2,20)21/h3-7,10-11,18H,8-9,12H2,1-2H3. The van der Waals surface area contributed by atoms with E-state index >= 15 is 0 Å². The van der Waals surface area contributed by atoms with Gasteiger partial charge >= 0.3 is 0 Å². The summed E-state index contributed by atoms with van der Waals surface area (Å²) in [4.78, 5) is 0. The van der Waals surface area contributed by atoms with E-state index in [9.17, 15) is 16.8 Å². The van der Waals surface area contributed by atoms with Gasteiger partial charge in [0, 0.05) is 0 Å². The third-order valence-electron chi connectivity index (χ3n) is 3.89. The molecule has 140 valence electrons. The Labute approximate surface area is 153 Å². The minimum absolute atomic E-state index is 0.169. The summed E-state index contributed by atoms with van der Waals surface area (Å²) >= 11 is 0. The highest BCUT2D eigenvalue weighted by molar-refractivity contribution is 7.92. The third kappa shape index (κ3) is 4.28. The summed E-state index contributed by atoms with van der Waals surface area (Å²) in [7, 11) is -7.12. The number of nitrogens with one attached hydrogen (secondary N) is 1. The Hall–Kier alpha value is -2.26. The van der Waals surface area contributed by atoms with Crippen LogP contribution >= 0.6 is 0 Å². The molecule has 2 aromatic carbocycles. The van der Waals surface area contributed by atoms with Crippen molar-refractivity contribution in [3.63, 3.8) is 0 Å². The molecule has 3 rings (SSSR count). The van der Waals surface area contributed by atoms with Crippen molar-refractivity contribution in [2.24, 2.45) is 0 Å². The zero-order valence-corrected chi connectivity index (χ0v) is 16.1. The van der Waals surface area contributed by atoms with Crippen molar-refractivity contribution in [2.75, 3.05) is 28.4 Å². The van der Waals surface area contributed by atoms with Crippen molar-refractivity contribution < 1.29 is 21.6 Å². The summed E-state index contributed by atoms with van der Waals surface area (Å²) in [5.74, 6) is 0.237. The molecule has 0 saturated heterocycles. The largest absolute Gasteiger partial charge is 0.489 e. The molecule has 0 atom stereocenters. The Morgan fingerprint density at radius 1 is 1.12 bits per heavy atom. The van der Waals surface area contributed by atoms with Crippen LogP contribution in [0.3, 0.4) is 0 Å². The first kappa shape index (κ1) is 18.5. The van der Waals surface area contributed by atoms with Gasteiger partial charge in [0.05, 0.1) is 29.9 Å². The molecular weight excluding hydrogens is 376 g/mol. The van der Waals surface area contributed by atoms with Gasteiger partial charge < -0.3 is 4.74 Å². The zero-order valence-electron chi connectivity index (χ0n) is 14.5. The molecule has 2 aromatic rings. The maximum atomic E-state index is 12.5. The van der Waals surface area contributed by atoms with E-state index in [0.29, 0.717) is 17.0 Å². The Balaban J connectivity index is 1.86. The molecule has 7 nitrogen and oxygen atoms in total. The van der Waals surface area contributed by atoms with Gasteiger partial charge in [-0.1, -0.05) is 29.8 Å². The van der Waals surface area contributed by atoms with Crippen LogP contribution in [-0.4, -0.2) is 36.2 Å². The highest BCUT2D eigenvalue weighted by Gasteiger charge is 2.26. The van der Waals surface area contributed by atoms with Gasteiger partial charge in [0.1, 0.15) is 12.4 Å². The molecule has 1 aliphatic heterocycles. The average Bonchev–Trinajstić information content (AvgIpc) is 2.52. The second-order valence-corrected chi connectivity index (χ2v) is 9.85. The van der Waals surface area contributed by atoms with Crippen molar-refractivity contribution in [1.82, 2.24) is 0 Å². The zero-order chi connectivity index (χ0) is 18.9. The van der Waals surface area contributed by atoms with Crippen molar-refractivity contribution in [1.29, 1.82) is 0 Å². The van der Waals surface area contributed by atoms with Crippen molar-refractivity contribution >= 4 is 31.4 Å². The second kappa shape index (κ2) is 6.81. The molecular formula is C17H20N2O5S2. The lowest BCUT2D eigenvalue weighted by Gasteiger charge is -2.29. The quantitative estimate of drug-likeness (QED) is 0.835. The van der Waals surface area contributed by atoms with Crippen LogP contribution in [0.5, 0.6) is 5.75 Å². The molecule has 9 heteroatoms. The van der Waals surface area contributed by atoms with Crippen molar-refractivity contribution in [3.05, 3.63) is 53.6 Å². The number of ether oxygens (including phenoxy) is 1. The smallest absolute Gasteiger partial charge is 0.236 e. The van der Waals surface area contributed by atoms with Crippen LogP contribution in [0.2, 0.25) is 0 Å². The molecule has 0 amide bonds. The van der Waals surface area contributed by atoms with E-state index in [1.165, 1.54) is 10.4 Å². The number of fused-ring (bicyclic) bond motifs is 1. The molecule has 1 aliphatic rings. The minimum Gasteiger partial charge on any atom is -0.489 e. The Morgan fingerprint density at radius 3 is 2.58 bits per heavy atom. The summed E-state index contributed by atoms with van der Waals surface area (Å²) in [6, 6.07) is 11.9. The Bertz CT molecular complexity index is 1030. The van der Waals surface area contributed by atoms with Crippen LogP contribution in [0.15, 0.2) is 42.5 Å². The molecule has 0 radical (unpaired) electrons. The van der Waals surface area contributed by atoms with Crippen LogP contribution in [0.1, 0.15) is 11.1 Å². The number of anilines is 2. The summed E-state index contributed by atoms with van der Waals surface area (Å²) in [5.41, 5.74) is 2.27. The molecule has 0 aromatic heterocycles. The molecule has 0 spiro atoms. The number of aryl methyl sites for hydroxylation is 1. The number of nitrogens with zero attached hydrogens (tertiary/aromatic N) is 1. The van der Waals surface area contributed by atoms with Gasteiger partial charge in [-0.15, -0.1) is 0 Å². The van der Waals surface area contributed by atoms with E-state index in [4.69, 9.17) is 4.74 Å². The van der Waals surface area contributed by atoms with E-state index in [1.54, 1.807) is 24.3 Å². The normalized spacial score (nSPS) is 14.5. The number of sulfonamides is 2. The van der Waals surface area contributed by atoms with Crippen LogP contribution in [-0.2, 0) is 25.8 Å². The van der Waals surface area contributed by atoms with Crippen LogP contribution < -0.4 is 13.8 Å². The molecule has 26 heavy (non-hydrogen) atoms. The van der Waals surface area contributed by atoms with Gasteiger partial charge in [-0.25, -0.2) is 16.8 Å². The molecule has 0 saturated carbocycles. The monoisotopic (exact) mass is 396 g/mol. The van der Waals surface area contributed by atoms with E-state index in [0.717, 1.165) is 11.8 Å². The topological polar surface area (TPSA) is 92.8 Å². The third-order valence-corrected chi connectivity index (χ3v) is 6.33. The van der Waals surface area contributed by atoms with Gasteiger partial charge in [0.25, 0.3) is 0 Å². The average molecular weight is 396 g/mol. The SMILES string of the molecule is Cc1cccc(CS(=O)(=O)Nc2ccc3c(c2)N(S(C)(=O)=O)CCO3)c1. The van der Waals surface area contributed by atoms with Crippen LogP contribution in [0.4, 0.5) is 11.4 Å². The first-order chi connectivity index (χ1) is 12.1. The minimum atomic E-state index is -3.64. The molecule has 0 aliphatic carbocycles. The van der Waals surface area contributed by atoms with E-state index in [-0.39, 0.29) is 24.6 Å². The van der Waals surface area contributed by atoms with Gasteiger partial charge in [0.2, 0.25) is 20.0 Å². The highest BCUT2D eigenvalue weighted by atomic mass is 32.2. The molecule has 0 bridgehead atoms. The maximum Gasteiger partial charge on any atom is 0.236 e. The summed E-state index contributed by atoms with van der Waals surface area (Å²) in [6.45, 7) is 2.33. The fourth-order valence-corrected chi connectivity index (χ4v) is 4.92. The predicted molar refractivity (Wildman–Crippen MR) is 102 cm³/mol. The van der Waals surface area contributed by atoms with Gasteiger partial charge in [0.15, 0.2) is 0 Å². The molecule has 1 heterocycles. The summed E-state index contributed by atoms with van der Waals surface area (Å²) < 4.78 is 58.0. The first-order valence-corrected chi connectivity index (χ1v) is 11.4. The molecule has 0 fully saturated rings.